The predicted molar refractivity (Wildman–Crippen MR) is 111 cm³/mol. The van der Waals surface area contributed by atoms with Crippen molar-refractivity contribution in [2.24, 2.45) is 5.92 Å². The van der Waals surface area contributed by atoms with Gasteiger partial charge >= 0.3 is 0 Å². The third kappa shape index (κ3) is 4.40. The number of aliphatic hydroxyl groups is 1. The van der Waals surface area contributed by atoms with Gasteiger partial charge in [-0.1, -0.05) is 6.92 Å². The van der Waals surface area contributed by atoms with Gasteiger partial charge in [0.05, 0.1) is 17.7 Å². The van der Waals surface area contributed by atoms with Gasteiger partial charge < -0.3 is 20.1 Å². The first-order valence-corrected chi connectivity index (χ1v) is 11.1. The highest BCUT2D eigenvalue weighted by Crippen LogP contribution is 2.41. The van der Waals surface area contributed by atoms with E-state index >= 15 is 0 Å². The number of rotatable bonds is 5. The molecular weight excluding hydrogens is 368 g/mol. The van der Waals surface area contributed by atoms with Crippen LogP contribution in [-0.2, 0) is 16.0 Å². The summed E-state index contributed by atoms with van der Waals surface area (Å²) in [6.45, 7) is 8.11. The Morgan fingerprint density at radius 1 is 1.34 bits per heavy atom. The van der Waals surface area contributed by atoms with Crippen LogP contribution in [0.15, 0.2) is 6.07 Å². The number of piperidine rings is 1. The molecule has 7 nitrogen and oxygen atoms in total. The number of amides is 1. The van der Waals surface area contributed by atoms with Crippen molar-refractivity contribution < 1.29 is 14.6 Å². The van der Waals surface area contributed by atoms with Crippen molar-refractivity contribution in [1.29, 1.82) is 0 Å². The summed E-state index contributed by atoms with van der Waals surface area (Å²) in [5.74, 6) is 2.13. The molecule has 0 unspecified atom stereocenters. The number of carbonyl (C=O) groups excluding carboxylic acids is 1. The second kappa shape index (κ2) is 7.84. The lowest BCUT2D eigenvalue weighted by Crippen LogP contribution is -2.66. The van der Waals surface area contributed by atoms with Gasteiger partial charge in [0.1, 0.15) is 17.7 Å². The van der Waals surface area contributed by atoms with Gasteiger partial charge in [0.2, 0.25) is 5.91 Å². The van der Waals surface area contributed by atoms with Crippen molar-refractivity contribution in [2.45, 2.75) is 83.0 Å². The molecular formula is C22H34N4O3. The molecule has 1 saturated carbocycles. The molecule has 7 heteroatoms. The van der Waals surface area contributed by atoms with Gasteiger partial charge in [-0.2, -0.15) is 0 Å². The highest BCUT2D eigenvalue weighted by molar-refractivity contribution is 5.81. The molecule has 4 rings (SSSR count). The molecule has 1 spiro atoms. The van der Waals surface area contributed by atoms with Gasteiger partial charge in [0.15, 0.2) is 0 Å². The van der Waals surface area contributed by atoms with Gasteiger partial charge in [0, 0.05) is 43.6 Å². The lowest BCUT2D eigenvalue weighted by Gasteiger charge is -2.52. The zero-order valence-electron chi connectivity index (χ0n) is 17.9. The maximum Gasteiger partial charge on any atom is 0.223 e. The largest absolute Gasteiger partial charge is 0.388 e. The van der Waals surface area contributed by atoms with Crippen molar-refractivity contribution in [2.75, 3.05) is 24.6 Å². The van der Waals surface area contributed by atoms with Crippen LogP contribution in [-0.4, -0.2) is 57.9 Å². The smallest absolute Gasteiger partial charge is 0.223 e. The molecule has 3 fully saturated rings. The molecule has 0 bridgehead atoms. The lowest BCUT2D eigenvalue weighted by atomic mass is 9.74. The van der Waals surface area contributed by atoms with Gasteiger partial charge in [-0.3, -0.25) is 4.79 Å². The lowest BCUT2D eigenvalue weighted by molar-refractivity contribution is -0.173. The highest BCUT2D eigenvalue weighted by atomic mass is 16.5. The summed E-state index contributed by atoms with van der Waals surface area (Å²) in [5, 5.41) is 13.7. The molecule has 1 aromatic rings. The maximum atomic E-state index is 12.4. The minimum absolute atomic E-state index is 0.0842. The topological polar surface area (TPSA) is 87.6 Å². The van der Waals surface area contributed by atoms with Crippen molar-refractivity contribution in [3.05, 3.63) is 17.6 Å². The Morgan fingerprint density at radius 3 is 2.72 bits per heavy atom. The van der Waals surface area contributed by atoms with Crippen molar-refractivity contribution in [1.82, 2.24) is 15.3 Å². The average molecular weight is 403 g/mol. The van der Waals surface area contributed by atoms with E-state index in [2.05, 4.69) is 28.2 Å². The van der Waals surface area contributed by atoms with Crippen LogP contribution >= 0.6 is 0 Å². The molecule has 3 aliphatic rings. The van der Waals surface area contributed by atoms with E-state index in [0.29, 0.717) is 6.42 Å². The van der Waals surface area contributed by atoms with Crippen LogP contribution in [0, 0.1) is 12.8 Å². The molecule has 2 saturated heterocycles. The van der Waals surface area contributed by atoms with Crippen LogP contribution in [0.1, 0.15) is 63.9 Å². The number of nitrogens with zero attached hydrogens (tertiary/aromatic N) is 3. The zero-order chi connectivity index (χ0) is 20.6. The number of hydrogen-bond donors (Lipinski definition) is 2. The molecule has 3 heterocycles. The van der Waals surface area contributed by atoms with Gasteiger partial charge in [-0.05, 0) is 46.0 Å². The molecule has 160 valence electrons. The van der Waals surface area contributed by atoms with E-state index in [9.17, 15) is 9.90 Å². The number of carbonyl (C=O) groups is 1. The molecule has 1 amide bonds. The highest BCUT2D eigenvalue weighted by Gasteiger charge is 2.51. The Kier molecular flexibility index (Phi) is 5.55. The van der Waals surface area contributed by atoms with Gasteiger partial charge in [-0.25, -0.2) is 9.97 Å². The first-order valence-electron chi connectivity index (χ1n) is 11.1. The monoisotopic (exact) mass is 402 g/mol. The Hall–Kier alpha value is -1.73. The van der Waals surface area contributed by atoms with Crippen LogP contribution in [0.4, 0.5) is 5.82 Å². The Morgan fingerprint density at radius 2 is 2.07 bits per heavy atom. The molecule has 2 N–H and O–H groups in total. The summed E-state index contributed by atoms with van der Waals surface area (Å²) in [4.78, 5) is 24.0. The van der Waals surface area contributed by atoms with Crippen molar-refractivity contribution in [3.8, 4) is 0 Å². The molecule has 29 heavy (non-hydrogen) atoms. The van der Waals surface area contributed by atoms with Gasteiger partial charge in [0.25, 0.3) is 0 Å². The van der Waals surface area contributed by atoms with E-state index in [4.69, 9.17) is 9.72 Å². The maximum absolute atomic E-state index is 12.4. The van der Waals surface area contributed by atoms with Crippen LogP contribution in [0.5, 0.6) is 0 Å². The van der Waals surface area contributed by atoms with E-state index in [-0.39, 0.29) is 24.0 Å². The van der Waals surface area contributed by atoms with E-state index < -0.39 is 11.6 Å². The number of ether oxygens (including phenoxy) is 1. The zero-order valence-corrected chi connectivity index (χ0v) is 17.9. The fourth-order valence-corrected chi connectivity index (χ4v) is 4.71. The predicted octanol–water partition coefficient (Wildman–Crippen LogP) is 2.14. The minimum atomic E-state index is -0.671. The average Bonchev–Trinajstić information content (AvgIpc) is 3.51. The van der Waals surface area contributed by atoms with E-state index in [1.165, 1.54) is 0 Å². The molecule has 2 aliphatic heterocycles. The third-order valence-electron chi connectivity index (χ3n) is 6.69. The van der Waals surface area contributed by atoms with E-state index in [1.54, 1.807) is 0 Å². The SMILES string of the molecule is CCCc1nc(C)cc(N2CCC3(CC2)C[C@@](C)(NC(=O)C2CC2)[C@H](O)CO3)n1. The summed E-state index contributed by atoms with van der Waals surface area (Å²) >= 11 is 0. The fraction of sp³-hybridized carbons (Fsp3) is 0.773. The Balaban J connectivity index is 1.43. The Bertz CT molecular complexity index is 758. The molecule has 0 aromatic carbocycles. The summed E-state index contributed by atoms with van der Waals surface area (Å²) in [6, 6.07) is 2.06. The number of nitrogens with one attached hydrogen (secondary N) is 1. The Labute approximate surface area is 173 Å². The van der Waals surface area contributed by atoms with Crippen LogP contribution in [0.3, 0.4) is 0 Å². The fourth-order valence-electron chi connectivity index (χ4n) is 4.71. The van der Waals surface area contributed by atoms with Gasteiger partial charge in [-0.15, -0.1) is 0 Å². The summed E-state index contributed by atoms with van der Waals surface area (Å²) in [5.41, 5.74) is 0.0846. The number of hydrogen-bond acceptors (Lipinski definition) is 6. The second-order valence-electron chi connectivity index (χ2n) is 9.39. The summed E-state index contributed by atoms with van der Waals surface area (Å²) in [7, 11) is 0. The molecule has 0 radical (unpaired) electrons. The summed E-state index contributed by atoms with van der Waals surface area (Å²) in [6.07, 6.45) is 5.56. The quantitative estimate of drug-likeness (QED) is 0.785. The van der Waals surface area contributed by atoms with Crippen LogP contribution in [0.2, 0.25) is 0 Å². The van der Waals surface area contributed by atoms with E-state index in [0.717, 1.165) is 69.0 Å². The number of anilines is 1. The summed E-state index contributed by atoms with van der Waals surface area (Å²) < 4.78 is 6.18. The number of aliphatic hydroxyl groups excluding tert-OH is 1. The second-order valence-corrected chi connectivity index (χ2v) is 9.39. The van der Waals surface area contributed by atoms with Crippen LogP contribution in [0.25, 0.3) is 0 Å². The number of aromatic nitrogens is 2. The van der Waals surface area contributed by atoms with Crippen LogP contribution < -0.4 is 10.2 Å². The standard InChI is InChI=1S/C22H34N4O3/c1-4-5-18-23-15(2)12-19(24-18)26-10-8-22(9-11-26)14-21(3,17(27)13-29-22)25-20(28)16-6-7-16/h12,16-17,27H,4-11,13-14H2,1-3H3,(H,25,28)/t17-,21-/m1/s1. The first kappa shape index (κ1) is 20.5. The molecule has 1 aliphatic carbocycles. The van der Waals surface area contributed by atoms with Crippen molar-refractivity contribution in [3.63, 3.8) is 0 Å². The normalized spacial score (nSPS) is 29.1. The third-order valence-corrected chi connectivity index (χ3v) is 6.69. The minimum Gasteiger partial charge on any atom is -0.388 e. The molecule has 2 atom stereocenters. The first-order chi connectivity index (χ1) is 13.8. The number of aryl methyl sites for hydroxylation is 2. The van der Waals surface area contributed by atoms with Crippen molar-refractivity contribution >= 4 is 11.7 Å². The molecule has 1 aromatic heterocycles. The van der Waals surface area contributed by atoms with E-state index in [1.807, 2.05) is 13.8 Å².